The summed E-state index contributed by atoms with van der Waals surface area (Å²) in [6.45, 7) is 6.98. The zero-order chi connectivity index (χ0) is 17.1. The van der Waals surface area contributed by atoms with E-state index in [2.05, 4.69) is 26.0 Å². The first kappa shape index (κ1) is 16.3. The molecule has 0 spiro atoms. The molecule has 0 N–H and O–H groups in total. The largest absolute Gasteiger partial charge is 0.464 e. The van der Waals surface area contributed by atoms with Crippen molar-refractivity contribution in [3.63, 3.8) is 0 Å². The van der Waals surface area contributed by atoms with E-state index in [0.717, 1.165) is 22.2 Å². The van der Waals surface area contributed by atoms with Gasteiger partial charge in [-0.2, -0.15) is 0 Å². The molecule has 0 saturated heterocycles. The van der Waals surface area contributed by atoms with Crippen molar-refractivity contribution in [3.8, 4) is 0 Å². The Morgan fingerprint density at radius 2 is 1.88 bits per heavy atom. The summed E-state index contributed by atoms with van der Waals surface area (Å²) in [6, 6.07) is 16.0. The molecule has 1 aromatic heterocycles. The molecule has 0 radical (unpaired) electrons. The third-order valence-corrected chi connectivity index (χ3v) is 4.37. The van der Waals surface area contributed by atoms with Crippen molar-refractivity contribution in [1.82, 2.24) is 0 Å². The molecule has 3 rings (SSSR count). The number of carbonyl (C=O) groups excluding carboxylic acids is 1. The number of furan rings is 1. The lowest BCUT2D eigenvalue weighted by atomic mass is 10.00. The summed E-state index contributed by atoms with van der Waals surface area (Å²) in [4.78, 5) is 14.6. The first-order chi connectivity index (χ1) is 11.6. The lowest BCUT2D eigenvalue weighted by Gasteiger charge is -2.20. The fourth-order valence-corrected chi connectivity index (χ4v) is 2.96. The highest BCUT2D eigenvalue weighted by atomic mass is 16.3. The van der Waals surface area contributed by atoms with Crippen LogP contribution in [0.25, 0.3) is 11.0 Å². The molecule has 0 atom stereocenters. The first-order valence-corrected chi connectivity index (χ1v) is 8.45. The van der Waals surface area contributed by atoms with Crippen molar-refractivity contribution >= 4 is 22.6 Å². The summed E-state index contributed by atoms with van der Waals surface area (Å²) in [5, 5.41) is 1.04. The van der Waals surface area contributed by atoms with Crippen LogP contribution < -0.4 is 4.90 Å². The molecule has 0 aliphatic carbocycles. The molecule has 0 bridgehead atoms. The van der Waals surface area contributed by atoms with Crippen LogP contribution in [0.2, 0.25) is 0 Å². The third kappa shape index (κ3) is 3.21. The van der Waals surface area contributed by atoms with E-state index >= 15 is 0 Å². The number of benzene rings is 2. The Morgan fingerprint density at radius 1 is 1.12 bits per heavy atom. The number of amides is 1. The van der Waals surface area contributed by atoms with Gasteiger partial charge in [0.05, 0.1) is 12.7 Å². The molecule has 3 heteroatoms. The van der Waals surface area contributed by atoms with Gasteiger partial charge in [-0.1, -0.05) is 38.1 Å². The normalized spacial score (nSPS) is 11.2. The van der Waals surface area contributed by atoms with Gasteiger partial charge in [-0.05, 0) is 42.7 Å². The predicted molar refractivity (Wildman–Crippen MR) is 98.5 cm³/mol. The molecular weight excluding hydrogens is 298 g/mol. The van der Waals surface area contributed by atoms with Crippen LogP contribution in [0.15, 0.2) is 59.2 Å². The maximum Gasteiger partial charge on any atom is 0.231 e. The van der Waals surface area contributed by atoms with Crippen LogP contribution >= 0.6 is 0 Å². The van der Waals surface area contributed by atoms with Crippen molar-refractivity contribution < 1.29 is 9.21 Å². The van der Waals surface area contributed by atoms with Crippen molar-refractivity contribution in [2.24, 2.45) is 0 Å². The highest BCUT2D eigenvalue weighted by Crippen LogP contribution is 2.27. The minimum absolute atomic E-state index is 0.0846. The number of para-hydroxylation sites is 1. The molecule has 24 heavy (non-hydrogen) atoms. The molecule has 0 fully saturated rings. The van der Waals surface area contributed by atoms with E-state index in [-0.39, 0.29) is 5.91 Å². The van der Waals surface area contributed by atoms with Crippen LogP contribution in [-0.2, 0) is 11.2 Å². The Bertz CT molecular complexity index is 833. The Kier molecular flexibility index (Phi) is 4.70. The van der Waals surface area contributed by atoms with Crippen LogP contribution in [-0.4, -0.2) is 12.5 Å². The number of fused-ring (bicyclic) bond motifs is 1. The van der Waals surface area contributed by atoms with Gasteiger partial charge < -0.3 is 9.32 Å². The average molecular weight is 321 g/mol. The van der Waals surface area contributed by atoms with Gasteiger partial charge in [-0.3, -0.25) is 4.79 Å². The maximum atomic E-state index is 12.8. The van der Waals surface area contributed by atoms with Crippen molar-refractivity contribution in [1.29, 1.82) is 0 Å². The number of likely N-dealkylation sites (N-methyl/N-ethyl adjacent to an activating group) is 1. The SMILES string of the molecule is CCN(C(=O)Cc1coc2ccc(C(C)C)cc12)c1ccccc1. The molecule has 124 valence electrons. The van der Waals surface area contributed by atoms with E-state index in [1.54, 1.807) is 6.26 Å². The standard InChI is InChI=1S/C21H23NO2/c1-4-22(18-8-6-5-7-9-18)21(23)13-17-14-24-20-11-10-16(15(2)3)12-19(17)20/h5-12,14-15H,4,13H2,1-3H3. The second-order valence-electron chi connectivity index (χ2n) is 6.32. The van der Waals surface area contributed by atoms with Crippen LogP contribution in [0.4, 0.5) is 5.69 Å². The zero-order valence-electron chi connectivity index (χ0n) is 14.5. The van der Waals surface area contributed by atoms with Gasteiger partial charge in [0.2, 0.25) is 5.91 Å². The van der Waals surface area contributed by atoms with Gasteiger partial charge in [0.1, 0.15) is 5.58 Å². The Morgan fingerprint density at radius 3 is 2.54 bits per heavy atom. The highest BCUT2D eigenvalue weighted by molar-refractivity contribution is 5.97. The van der Waals surface area contributed by atoms with Crippen LogP contribution in [0.3, 0.4) is 0 Å². The first-order valence-electron chi connectivity index (χ1n) is 8.45. The summed E-state index contributed by atoms with van der Waals surface area (Å²) < 4.78 is 5.63. The summed E-state index contributed by atoms with van der Waals surface area (Å²) in [5.74, 6) is 0.533. The summed E-state index contributed by atoms with van der Waals surface area (Å²) in [6.07, 6.45) is 2.06. The minimum Gasteiger partial charge on any atom is -0.464 e. The maximum absolute atomic E-state index is 12.8. The fourth-order valence-electron chi connectivity index (χ4n) is 2.96. The van der Waals surface area contributed by atoms with Crippen LogP contribution in [0, 0.1) is 0 Å². The number of nitrogens with zero attached hydrogens (tertiary/aromatic N) is 1. The molecule has 0 saturated carbocycles. The number of anilines is 1. The molecule has 0 unspecified atom stereocenters. The van der Waals surface area contributed by atoms with E-state index in [0.29, 0.717) is 18.9 Å². The number of hydrogen-bond donors (Lipinski definition) is 0. The van der Waals surface area contributed by atoms with Gasteiger partial charge in [-0.25, -0.2) is 0 Å². The van der Waals surface area contributed by atoms with Gasteiger partial charge >= 0.3 is 0 Å². The third-order valence-electron chi connectivity index (χ3n) is 4.37. The molecule has 2 aromatic carbocycles. The van der Waals surface area contributed by atoms with E-state index in [1.807, 2.05) is 48.2 Å². The number of rotatable bonds is 5. The molecular formula is C21H23NO2. The number of hydrogen-bond acceptors (Lipinski definition) is 2. The average Bonchev–Trinajstić information content (AvgIpc) is 2.98. The van der Waals surface area contributed by atoms with E-state index in [4.69, 9.17) is 4.42 Å². The van der Waals surface area contributed by atoms with Gasteiger partial charge in [0.15, 0.2) is 0 Å². The van der Waals surface area contributed by atoms with Gasteiger partial charge in [0.25, 0.3) is 0 Å². The Hall–Kier alpha value is -2.55. The predicted octanol–water partition coefficient (Wildman–Crippen LogP) is 5.15. The lowest BCUT2D eigenvalue weighted by Crippen LogP contribution is -2.31. The van der Waals surface area contributed by atoms with E-state index in [9.17, 15) is 4.79 Å². The summed E-state index contributed by atoms with van der Waals surface area (Å²) in [7, 11) is 0. The Balaban J connectivity index is 1.88. The van der Waals surface area contributed by atoms with Crippen molar-refractivity contribution in [3.05, 3.63) is 65.9 Å². The highest BCUT2D eigenvalue weighted by Gasteiger charge is 2.17. The number of carbonyl (C=O) groups is 1. The molecule has 1 amide bonds. The van der Waals surface area contributed by atoms with Gasteiger partial charge in [-0.15, -0.1) is 0 Å². The van der Waals surface area contributed by atoms with E-state index < -0.39 is 0 Å². The second-order valence-corrected chi connectivity index (χ2v) is 6.32. The van der Waals surface area contributed by atoms with Crippen LogP contribution in [0.1, 0.15) is 37.8 Å². The summed E-state index contributed by atoms with van der Waals surface area (Å²) in [5.41, 5.74) is 3.98. The summed E-state index contributed by atoms with van der Waals surface area (Å²) >= 11 is 0. The molecule has 1 heterocycles. The lowest BCUT2D eigenvalue weighted by molar-refractivity contribution is -0.117. The second kappa shape index (κ2) is 6.91. The Labute approximate surface area is 142 Å². The quantitative estimate of drug-likeness (QED) is 0.651. The van der Waals surface area contributed by atoms with Crippen LogP contribution in [0.5, 0.6) is 0 Å². The molecule has 3 nitrogen and oxygen atoms in total. The monoisotopic (exact) mass is 321 g/mol. The van der Waals surface area contributed by atoms with Crippen molar-refractivity contribution in [2.45, 2.75) is 33.1 Å². The van der Waals surface area contributed by atoms with Gasteiger partial charge in [0, 0.05) is 23.2 Å². The zero-order valence-corrected chi connectivity index (χ0v) is 14.5. The molecule has 0 aliphatic rings. The topological polar surface area (TPSA) is 33.5 Å². The smallest absolute Gasteiger partial charge is 0.231 e. The fraction of sp³-hybridized carbons (Fsp3) is 0.286. The minimum atomic E-state index is 0.0846. The molecule has 0 aliphatic heterocycles. The van der Waals surface area contributed by atoms with Crippen molar-refractivity contribution in [2.75, 3.05) is 11.4 Å². The van der Waals surface area contributed by atoms with E-state index in [1.165, 1.54) is 5.56 Å². The molecule has 3 aromatic rings.